The van der Waals surface area contributed by atoms with Gasteiger partial charge in [0.25, 0.3) is 0 Å². The molecular weight excluding hydrogens is 459 g/mol. The summed E-state index contributed by atoms with van der Waals surface area (Å²) in [6.07, 6.45) is 1.57. The standard InChI is InChI=1S/C26H20Cl2N2O3/c1-16-4-3-5-17(12-16)22(26(31)32)14-19-15-25(18-6-11-23(27)24(28)13-18)30(29-19)20-7-9-21(33-2)10-8-20/h3-15H,1-2H3,(H,31,32)/b22-14+. The van der Waals surface area contributed by atoms with Gasteiger partial charge in [-0.1, -0.05) is 59.1 Å². The molecule has 5 nitrogen and oxygen atoms in total. The lowest BCUT2D eigenvalue weighted by Crippen LogP contribution is -2.01. The van der Waals surface area contributed by atoms with E-state index >= 15 is 0 Å². The first-order chi connectivity index (χ1) is 15.9. The van der Waals surface area contributed by atoms with Gasteiger partial charge >= 0.3 is 5.97 Å². The Morgan fingerprint density at radius 3 is 2.39 bits per heavy atom. The summed E-state index contributed by atoms with van der Waals surface area (Å²) in [7, 11) is 1.60. The maximum absolute atomic E-state index is 12.1. The molecule has 4 rings (SSSR count). The van der Waals surface area contributed by atoms with Gasteiger partial charge in [0.2, 0.25) is 0 Å². The number of benzene rings is 3. The maximum atomic E-state index is 12.1. The van der Waals surface area contributed by atoms with Crippen molar-refractivity contribution in [3.8, 4) is 22.7 Å². The quantitative estimate of drug-likeness (QED) is 0.310. The molecule has 0 fully saturated rings. The van der Waals surface area contributed by atoms with Gasteiger partial charge < -0.3 is 9.84 Å². The second-order valence-corrected chi connectivity index (χ2v) is 8.24. The highest BCUT2D eigenvalue weighted by molar-refractivity contribution is 6.42. The topological polar surface area (TPSA) is 64.4 Å². The summed E-state index contributed by atoms with van der Waals surface area (Å²) in [6.45, 7) is 1.92. The summed E-state index contributed by atoms with van der Waals surface area (Å²) < 4.78 is 6.99. The minimum Gasteiger partial charge on any atom is -0.497 e. The monoisotopic (exact) mass is 478 g/mol. The van der Waals surface area contributed by atoms with Crippen LogP contribution in [0, 0.1) is 6.92 Å². The van der Waals surface area contributed by atoms with E-state index in [-0.39, 0.29) is 5.57 Å². The fourth-order valence-corrected chi connectivity index (χ4v) is 3.78. The van der Waals surface area contributed by atoms with Crippen LogP contribution in [-0.2, 0) is 4.79 Å². The van der Waals surface area contributed by atoms with Gasteiger partial charge in [0.15, 0.2) is 0 Å². The van der Waals surface area contributed by atoms with Gasteiger partial charge in [0.1, 0.15) is 5.75 Å². The zero-order valence-electron chi connectivity index (χ0n) is 17.9. The molecule has 0 aliphatic carbocycles. The van der Waals surface area contributed by atoms with Crippen molar-refractivity contribution in [1.29, 1.82) is 0 Å². The van der Waals surface area contributed by atoms with Crippen LogP contribution in [0.2, 0.25) is 10.0 Å². The number of halogens is 2. The van der Waals surface area contributed by atoms with Crippen LogP contribution in [0.25, 0.3) is 28.6 Å². The summed E-state index contributed by atoms with van der Waals surface area (Å²) in [5, 5.41) is 15.4. The van der Waals surface area contributed by atoms with E-state index in [1.54, 1.807) is 36.1 Å². The number of aliphatic carboxylic acids is 1. The Labute approximate surface area is 201 Å². The van der Waals surface area contributed by atoms with E-state index in [1.807, 2.05) is 61.5 Å². The van der Waals surface area contributed by atoms with Crippen LogP contribution < -0.4 is 4.74 Å². The summed E-state index contributed by atoms with van der Waals surface area (Å²) in [6, 6.07) is 21.9. The molecule has 7 heteroatoms. The highest BCUT2D eigenvalue weighted by Gasteiger charge is 2.16. The number of hydrogen-bond acceptors (Lipinski definition) is 3. The van der Waals surface area contributed by atoms with E-state index in [1.165, 1.54) is 0 Å². The number of rotatable bonds is 6. The highest BCUT2D eigenvalue weighted by Crippen LogP contribution is 2.32. The van der Waals surface area contributed by atoms with Gasteiger partial charge in [-0.3, -0.25) is 0 Å². The molecule has 3 aromatic carbocycles. The second kappa shape index (κ2) is 9.53. The zero-order valence-corrected chi connectivity index (χ0v) is 19.4. The molecule has 0 saturated carbocycles. The summed E-state index contributed by atoms with van der Waals surface area (Å²) in [5.41, 5.74) is 4.53. The maximum Gasteiger partial charge on any atom is 0.336 e. The Morgan fingerprint density at radius 2 is 1.76 bits per heavy atom. The van der Waals surface area contributed by atoms with Crippen molar-refractivity contribution in [2.75, 3.05) is 7.11 Å². The molecule has 0 bridgehead atoms. The number of nitrogens with zero attached hydrogens (tertiary/aromatic N) is 2. The first-order valence-electron chi connectivity index (χ1n) is 10.1. The number of ether oxygens (including phenoxy) is 1. The second-order valence-electron chi connectivity index (χ2n) is 7.43. The summed E-state index contributed by atoms with van der Waals surface area (Å²) in [4.78, 5) is 12.1. The molecule has 166 valence electrons. The largest absolute Gasteiger partial charge is 0.497 e. The van der Waals surface area contributed by atoms with Crippen LogP contribution in [0.5, 0.6) is 5.75 Å². The summed E-state index contributed by atoms with van der Waals surface area (Å²) >= 11 is 12.4. The lowest BCUT2D eigenvalue weighted by Gasteiger charge is -2.09. The number of carbonyl (C=O) groups is 1. The lowest BCUT2D eigenvalue weighted by atomic mass is 10.0. The van der Waals surface area contributed by atoms with Crippen LogP contribution >= 0.6 is 23.2 Å². The van der Waals surface area contributed by atoms with Gasteiger partial charge in [-0.15, -0.1) is 0 Å². The first kappa shape index (κ1) is 22.6. The Balaban J connectivity index is 1.88. The van der Waals surface area contributed by atoms with Gasteiger partial charge in [-0.2, -0.15) is 5.10 Å². The molecule has 0 aliphatic heterocycles. The van der Waals surface area contributed by atoms with Crippen molar-refractivity contribution >= 4 is 40.8 Å². The number of aryl methyl sites for hydroxylation is 1. The zero-order chi connectivity index (χ0) is 23.5. The molecular formula is C26H20Cl2N2O3. The fraction of sp³-hybridized carbons (Fsp3) is 0.0769. The van der Waals surface area contributed by atoms with E-state index in [0.29, 0.717) is 21.3 Å². The molecule has 0 spiro atoms. The van der Waals surface area contributed by atoms with Crippen molar-refractivity contribution in [2.45, 2.75) is 6.92 Å². The van der Waals surface area contributed by atoms with Crippen molar-refractivity contribution in [3.63, 3.8) is 0 Å². The third-order valence-electron chi connectivity index (χ3n) is 5.11. The molecule has 0 atom stereocenters. The van der Waals surface area contributed by atoms with Crippen LogP contribution in [-0.4, -0.2) is 28.0 Å². The van der Waals surface area contributed by atoms with E-state index in [0.717, 1.165) is 28.3 Å². The van der Waals surface area contributed by atoms with Crippen molar-refractivity contribution in [2.24, 2.45) is 0 Å². The molecule has 4 aromatic rings. The molecule has 1 aromatic heterocycles. The van der Waals surface area contributed by atoms with Crippen molar-refractivity contribution < 1.29 is 14.6 Å². The average molecular weight is 479 g/mol. The van der Waals surface area contributed by atoms with E-state index in [2.05, 4.69) is 0 Å². The molecule has 33 heavy (non-hydrogen) atoms. The Morgan fingerprint density at radius 1 is 1.00 bits per heavy atom. The van der Waals surface area contributed by atoms with Gasteiger partial charge in [-0.05, 0) is 61.0 Å². The highest BCUT2D eigenvalue weighted by atomic mass is 35.5. The van der Waals surface area contributed by atoms with Crippen LogP contribution in [0.1, 0.15) is 16.8 Å². The molecule has 0 amide bonds. The predicted octanol–water partition coefficient (Wildman–Crippen LogP) is 6.79. The minimum atomic E-state index is -1.03. The molecule has 0 aliphatic rings. The summed E-state index contributed by atoms with van der Waals surface area (Å²) in [5.74, 6) is -0.314. The van der Waals surface area contributed by atoms with Crippen molar-refractivity contribution in [1.82, 2.24) is 9.78 Å². The third kappa shape index (κ3) is 4.95. The Hall–Kier alpha value is -3.54. The SMILES string of the molecule is COc1ccc(-n2nc(/C=C(/C(=O)O)c3cccc(C)c3)cc2-c2ccc(Cl)c(Cl)c2)cc1. The molecule has 0 saturated heterocycles. The third-order valence-corrected chi connectivity index (χ3v) is 5.85. The predicted molar refractivity (Wildman–Crippen MR) is 132 cm³/mol. The number of aromatic nitrogens is 2. The van der Waals surface area contributed by atoms with Crippen LogP contribution in [0.3, 0.4) is 0 Å². The lowest BCUT2D eigenvalue weighted by molar-refractivity contribution is -0.130. The van der Waals surface area contributed by atoms with E-state index in [4.69, 9.17) is 33.0 Å². The van der Waals surface area contributed by atoms with Gasteiger partial charge in [0, 0.05) is 5.56 Å². The van der Waals surface area contributed by atoms with E-state index in [9.17, 15) is 9.90 Å². The number of hydrogen-bond donors (Lipinski definition) is 1. The van der Waals surface area contributed by atoms with Crippen LogP contribution in [0.4, 0.5) is 0 Å². The molecule has 0 radical (unpaired) electrons. The number of methoxy groups -OCH3 is 1. The molecule has 0 unspecified atom stereocenters. The normalized spacial score (nSPS) is 11.5. The van der Waals surface area contributed by atoms with Crippen LogP contribution in [0.15, 0.2) is 72.8 Å². The van der Waals surface area contributed by atoms with Crippen molar-refractivity contribution in [3.05, 3.63) is 99.7 Å². The van der Waals surface area contributed by atoms with Gasteiger partial charge in [-0.25, -0.2) is 9.48 Å². The Bertz CT molecular complexity index is 1360. The minimum absolute atomic E-state index is 0.152. The average Bonchev–Trinajstić information content (AvgIpc) is 3.23. The fourth-order valence-electron chi connectivity index (χ4n) is 3.48. The number of carboxylic acids is 1. The smallest absolute Gasteiger partial charge is 0.336 e. The Kier molecular flexibility index (Phi) is 6.54. The molecule has 1 heterocycles. The first-order valence-corrected chi connectivity index (χ1v) is 10.8. The van der Waals surface area contributed by atoms with E-state index < -0.39 is 5.97 Å². The van der Waals surface area contributed by atoms with Gasteiger partial charge in [0.05, 0.1) is 39.8 Å². The molecule has 1 N–H and O–H groups in total. The number of carboxylic acid groups (broad SMARTS) is 1.